The van der Waals surface area contributed by atoms with Gasteiger partial charge in [0.05, 0.1) is 0 Å². The fourth-order valence-corrected chi connectivity index (χ4v) is 1.23. The molecule has 0 aromatic heterocycles. The molecule has 0 unspecified atom stereocenters. The maximum absolute atomic E-state index is 5.49. The molecule has 0 heterocycles. The molecule has 1 radical (unpaired) electrons. The van der Waals surface area contributed by atoms with E-state index in [0.29, 0.717) is 5.92 Å². The Bertz CT molecular complexity index is 89.1. The Morgan fingerprint density at radius 1 is 1.00 bits per heavy atom. The standard InChI is InChI=1S/C12H25O/c1-4-5-6-7-8-9-10-13-11-12(2)3/h12H,1,4-11H2,2-3H3. The summed E-state index contributed by atoms with van der Waals surface area (Å²) in [7, 11) is 0. The quantitative estimate of drug-likeness (QED) is 0.496. The summed E-state index contributed by atoms with van der Waals surface area (Å²) in [6.45, 7) is 10.1. The van der Waals surface area contributed by atoms with Crippen LogP contribution in [0.25, 0.3) is 0 Å². The lowest BCUT2D eigenvalue weighted by molar-refractivity contribution is 0.106. The number of ether oxygens (including phenoxy) is 1. The van der Waals surface area contributed by atoms with Crippen LogP contribution >= 0.6 is 0 Å². The van der Waals surface area contributed by atoms with Gasteiger partial charge in [0.25, 0.3) is 0 Å². The van der Waals surface area contributed by atoms with Crippen LogP contribution in [0.1, 0.15) is 52.4 Å². The largest absolute Gasteiger partial charge is 0.381 e. The third kappa shape index (κ3) is 12.0. The van der Waals surface area contributed by atoms with Gasteiger partial charge >= 0.3 is 0 Å². The Morgan fingerprint density at radius 3 is 2.23 bits per heavy atom. The van der Waals surface area contributed by atoms with Gasteiger partial charge in [-0.2, -0.15) is 0 Å². The highest BCUT2D eigenvalue weighted by Gasteiger charge is 1.93. The summed E-state index contributed by atoms with van der Waals surface area (Å²) in [5, 5.41) is 0. The first-order chi connectivity index (χ1) is 6.27. The lowest BCUT2D eigenvalue weighted by atomic mass is 10.1. The molecule has 0 fully saturated rings. The Labute approximate surface area is 83.9 Å². The van der Waals surface area contributed by atoms with E-state index in [9.17, 15) is 0 Å². The van der Waals surface area contributed by atoms with Crippen molar-refractivity contribution in [3.63, 3.8) is 0 Å². The molecule has 0 atom stereocenters. The fraction of sp³-hybridized carbons (Fsp3) is 0.917. The molecule has 1 heteroatoms. The van der Waals surface area contributed by atoms with E-state index in [0.717, 1.165) is 19.6 Å². The second kappa shape index (κ2) is 10.0. The molecule has 79 valence electrons. The zero-order chi connectivity index (χ0) is 9.94. The van der Waals surface area contributed by atoms with Crippen molar-refractivity contribution in [1.29, 1.82) is 0 Å². The van der Waals surface area contributed by atoms with Gasteiger partial charge in [-0.1, -0.05) is 52.9 Å². The summed E-state index contributed by atoms with van der Waals surface area (Å²) < 4.78 is 5.49. The lowest BCUT2D eigenvalue weighted by Gasteiger charge is -2.06. The summed E-state index contributed by atoms with van der Waals surface area (Å²) in [4.78, 5) is 0. The minimum Gasteiger partial charge on any atom is -0.381 e. The van der Waals surface area contributed by atoms with Crippen LogP contribution in [0.2, 0.25) is 0 Å². The van der Waals surface area contributed by atoms with Crippen LogP contribution in [0.3, 0.4) is 0 Å². The molecule has 0 saturated heterocycles. The van der Waals surface area contributed by atoms with E-state index in [-0.39, 0.29) is 0 Å². The molecule has 0 aliphatic heterocycles. The third-order valence-corrected chi connectivity index (χ3v) is 1.99. The molecule has 13 heavy (non-hydrogen) atoms. The molecular formula is C12H25O. The highest BCUT2D eigenvalue weighted by atomic mass is 16.5. The van der Waals surface area contributed by atoms with Crippen LogP contribution in [-0.4, -0.2) is 13.2 Å². The molecule has 0 aliphatic rings. The van der Waals surface area contributed by atoms with Gasteiger partial charge in [0, 0.05) is 13.2 Å². The molecule has 0 N–H and O–H groups in total. The van der Waals surface area contributed by atoms with Gasteiger partial charge in [-0.25, -0.2) is 0 Å². The van der Waals surface area contributed by atoms with Crippen molar-refractivity contribution in [3.05, 3.63) is 6.92 Å². The van der Waals surface area contributed by atoms with Gasteiger partial charge in [-0.3, -0.25) is 0 Å². The predicted octanol–water partition coefficient (Wildman–Crippen LogP) is 3.83. The van der Waals surface area contributed by atoms with E-state index in [1.807, 2.05) is 0 Å². The van der Waals surface area contributed by atoms with Gasteiger partial charge in [-0.15, -0.1) is 0 Å². The summed E-state index contributed by atoms with van der Waals surface area (Å²) in [6.07, 6.45) is 7.60. The van der Waals surface area contributed by atoms with Crippen LogP contribution in [0, 0.1) is 12.8 Å². The molecule has 0 bridgehead atoms. The van der Waals surface area contributed by atoms with Crippen molar-refractivity contribution < 1.29 is 4.74 Å². The van der Waals surface area contributed by atoms with E-state index < -0.39 is 0 Å². The van der Waals surface area contributed by atoms with Crippen molar-refractivity contribution in [2.45, 2.75) is 52.4 Å². The normalized spacial score (nSPS) is 11.1. The third-order valence-electron chi connectivity index (χ3n) is 1.99. The van der Waals surface area contributed by atoms with E-state index >= 15 is 0 Å². The zero-order valence-electron chi connectivity index (χ0n) is 9.35. The van der Waals surface area contributed by atoms with Gasteiger partial charge < -0.3 is 4.74 Å². The van der Waals surface area contributed by atoms with E-state index in [4.69, 9.17) is 4.74 Å². The average Bonchev–Trinajstić information content (AvgIpc) is 2.09. The van der Waals surface area contributed by atoms with Crippen molar-refractivity contribution in [1.82, 2.24) is 0 Å². The number of hydrogen-bond acceptors (Lipinski definition) is 1. The first-order valence-corrected chi connectivity index (χ1v) is 5.64. The first kappa shape index (κ1) is 13.0. The van der Waals surface area contributed by atoms with Crippen LogP contribution in [0.15, 0.2) is 0 Å². The Kier molecular flexibility index (Phi) is 10.0. The van der Waals surface area contributed by atoms with Gasteiger partial charge in [-0.05, 0) is 12.3 Å². The van der Waals surface area contributed by atoms with Gasteiger partial charge in [0.1, 0.15) is 0 Å². The molecule has 1 nitrogen and oxygen atoms in total. The summed E-state index contributed by atoms with van der Waals surface area (Å²) >= 11 is 0. The molecule has 0 amide bonds. The maximum atomic E-state index is 5.49. The predicted molar refractivity (Wildman–Crippen MR) is 58.7 cm³/mol. The highest BCUT2D eigenvalue weighted by Crippen LogP contribution is 2.05. The molecule has 0 aliphatic carbocycles. The van der Waals surface area contributed by atoms with Crippen molar-refractivity contribution in [3.8, 4) is 0 Å². The van der Waals surface area contributed by atoms with Crippen molar-refractivity contribution in [2.24, 2.45) is 5.92 Å². The number of unbranched alkanes of at least 4 members (excludes halogenated alkanes) is 5. The van der Waals surface area contributed by atoms with Crippen molar-refractivity contribution in [2.75, 3.05) is 13.2 Å². The molecule has 0 spiro atoms. The number of rotatable bonds is 9. The molecule has 0 aromatic carbocycles. The first-order valence-electron chi connectivity index (χ1n) is 5.64. The SMILES string of the molecule is [CH2]CCCCCCCOCC(C)C. The average molecular weight is 185 g/mol. The fourth-order valence-electron chi connectivity index (χ4n) is 1.23. The smallest absolute Gasteiger partial charge is 0.0488 e. The van der Waals surface area contributed by atoms with E-state index in [2.05, 4.69) is 20.8 Å². The minimum absolute atomic E-state index is 0.672. The Morgan fingerprint density at radius 2 is 1.62 bits per heavy atom. The minimum atomic E-state index is 0.672. The topological polar surface area (TPSA) is 9.23 Å². The highest BCUT2D eigenvalue weighted by molar-refractivity contribution is 4.46. The van der Waals surface area contributed by atoms with E-state index in [1.54, 1.807) is 0 Å². The lowest BCUT2D eigenvalue weighted by Crippen LogP contribution is -2.02. The Hall–Kier alpha value is -0.0400. The monoisotopic (exact) mass is 185 g/mol. The van der Waals surface area contributed by atoms with Crippen LogP contribution in [-0.2, 0) is 4.74 Å². The summed E-state index contributed by atoms with van der Waals surface area (Å²) in [6, 6.07) is 0. The van der Waals surface area contributed by atoms with Crippen LogP contribution < -0.4 is 0 Å². The van der Waals surface area contributed by atoms with Gasteiger partial charge in [0.2, 0.25) is 0 Å². The molecule has 0 rings (SSSR count). The maximum Gasteiger partial charge on any atom is 0.0488 e. The van der Waals surface area contributed by atoms with E-state index in [1.165, 1.54) is 32.1 Å². The second-order valence-electron chi connectivity index (χ2n) is 4.09. The van der Waals surface area contributed by atoms with Crippen LogP contribution in [0.4, 0.5) is 0 Å². The molecular weight excluding hydrogens is 160 g/mol. The molecule has 0 aromatic rings. The number of hydrogen-bond donors (Lipinski definition) is 0. The Balaban J connectivity index is 2.84. The molecule has 0 saturated carbocycles. The zero-order valence-corrected chi connectivity index (χ0v) is 9.35. The summed E-state index contributed by atoms with van der Waals surface area (Å²) in [5.74, 6) is 0.672. The van der Waals surface area contributed by atoms with Crippen LogP contribution in [0.5, 0.6) is 0 Å². The van der Waals surface area contributed by atoms with Crippen molar-refractivity contribution >= 4 is 0 Å². The summed E-state index contributed by atoms with van der Waals surface area (Å²) in [5.41, 5.74) is 0. The second-order valence-corrected chi connectivity index (χ2v) is 4.09. The van der Waals surface area contributed by atoms with Gasteiger partial charge in [0.15, 0.2) is 0 Å².